The summed E-state index contributed by atoms with van der Waals surface area (Å²) < 4.78 is 0. The molecule has 0 saturated carbocycles. The smallest absolute Gasteiger partial charge is 0.166 e. The first-order valence-electron chi connectivity index (χ1n) is 6.95. The molecule has 3 aromatic rings. The van der Waals surface area contributed by atoms with Crippen molar-refractivity contribution >= 4 is 34.1 Å². The Morgan fingerprint density at radius 3 is 1.22 bits per heavy atom. The van der Waals surface area contributed by atoms with E-state index in [4.69, 9.17) is 23.2 Å². The zero-order valence-corrected chi connectivity index (χ0v) is 17.0. The van der Waals surface area contributed by atoms with Crippen LogP contribution in [0, 0.1) is 6.92 Å². The Balaban J connectivity index is 0.00000192. The molecule has 0 spiro atoms. The van der Waals surface area contributed by atoms with E-state index in [9.17, 15) is 0 Å². The molecule has 0 nitrogen and oxygen atoms in total. The minimum absolute atomic E-state index is 0. The Kier molecular flexibility index (Phi) is 6.84. The summed E-state index contributed by atoms with van der Waals surface area (Å²) in [7, 11) is -0.157. The van der Waals surface area contributed by atoms with Crippen LogP contribution >= 0.6 is 23.2 Å². The van der Waals surface area contributed by atoms with Crippen LogP contribution < -0.4 is 24.0 Å². The summed E-state index contributed by atoms with van der Waals surface area (Å²) in [6.07, 6.45) is 0. The fourth-order valence-corrected chi connectivity index (χ4v) is 4.52. The van der Waals surface area contributed by atoms with E-state index >= 15 is 0 Å². The van der Waals surface area contributed by atoms with Crippen molar-refractivity contribution in [3.63, 3.8) is 0 Å². The second kappa shape index (κ2) is 8.43. The average Bonchev–Trinajstić information content (AvgIpc) is 2.53. The Labute approximate surface area is 167 Å². The monoisotopic (exact) mass is 472 g/mol. The average molecular weight is 473 g/mol. The Hall–Kier alpha value is -0.680. The third-order valence-corrected chi connectivity index (χ3v) is 6.09. The molecule has 0 saturated heterocycles. The normalized spacial score (nSPS) is 10.4. The van der Waals surface area contributed by atoms with Gasteiger partial charge in [0.2, 0.25) is 0 Å². The van der Waals surface area contributed by atoms with Gasteiger partial charge in [0.15, 0.2) is 14.7 Å². The van der Waals surface area contributed by atoms with Crippen LogP contribution in [0.3, 0.4) is 0 Å². The van der Waals surface area contributed by atoms with Gasteiger partial charge in [-0.1, -0.05) is 40.9 Å². The van der Waals surface area contributed by atoms with Crippen molar-refractivity contribution in [2.24, 2.45) is 0 Å². The van der Waals surface area contributed by atoms with E-state index in [0.717, 1.165) is 10.0 Å². The lowest BCUT2D eigenvalue weighted by atomic mass is 10.2. The van der Waals surface area contributed by atoms with Crippen molar-refractivity contribution in [1.82, 2.24) is 0 Å². The van der Waals surface area contributed by atoms with Crippen LogP contribution in [0.5, 0.6) is 0 Å². The highest BCUT2D eigenvalue weighted by Crippen LogP contribution is 2.32. The number of aryl methyl sites for hydroxylation is 1. The van der Waals surface area contributed by atoms with Gasteiger partial charge in [0.05, 0.1) is 10.9 Å². The summed E-state index contributed by atoms with van der Waals surface area (Å²) in [5.41, 5.74) is 1.26. The predicted molar refractivity (Wildman–Crippen MR) is 96.2 cm³/mol. The van der Waals surface area contributed by atoms with Gasteiger partial charge in [0.25, 0.3) is 0 Å². The molecule has 0 aliphatic heterocycles. The molecule has 0 atom stereocenters. The first-order chi connectivity index (χ1) is 10.6. The van der Waals surface area contributed by atoms with Gasteiger partial charge in [-0.2, -0.15) is 0 Å². The summed E-state index contributed by atoms with van der Waals surface area (Å²) in [6.45, 7) is 2.10. The predicted octanol–water partition coefficient (Wildman–Crippen LogP) is 3.40. The second-order valence-electron chi connectivity index (χ2n) is 5.03. The van der Waals surface area contributed by atoms with Crippen molar-refractivity contribution in [2.45, 2.75) is 21.6 Å². The maximum absolute atomic E-state index is 6.04. The van der Waals surface area contributed by atoms with Crippen LogP contribution in [0.15, 0.2) is 87.5 Å². The lowest BCUT2D eigenvalue weighted by molar-refractivity contribution is -0.00000424. The number of benzene rings is 3. The van der Waals surface area contributed by atoms with Crippen molar-refractivity contribution in [2.75, 3.05) is 0 Å². The van der Waals surface area contributed by atoms with Gasteiger partial charge in [0.1, 0.15) is 0 Å². The number of hydrogen-bond donors (Lipinski definition) is 0. The SMILES string of the molecule is Cc1ccc([S+](c2ccc(Cl)cc2)c2ccc(Cl)cc2)cc1.[I-]. The van der Waals surface area contributed by atoms with Gasteiger partial charge < -0.3 is 24.0 Å². The fourth-order valence-electron chi connectivity index (χ4n) is 2.22. The van der Waals surface area contributed by atoms with Gasteiger partial charge in [-0.05, 0) is 67.6 Å². The Bertz CT molecular complexity index is 645. The van der Waals surface area contributed by atoms with Gasteiger partial charge in [0, 0.05) is 10.0 Å². The van der Waals surface area contributed by atoms with E-state index in [2.05, 4.69) is 55.5 Å². The molecule has 0 unspecified atom stereocenters. The molecule has 0 aromatic heterocycles. The molecule has 0 heterocycles. The van der Waals surface area contributed by atoms with Crippen molar-refractivity contribution in [3.05, 3.63) is 88.4 Å². The third-order valence-electron chi connectivity index (χ3n) is 3.36. The first kappa shape index (κ1) is 18.7. The molecule has 118 valence electrons. The van der Waals surface area contributed by atoms with E-state index in [1.54, 1.807) is 0 Å². The summed E-state index contributed by atoms with van der Waals surface area (Å²) in [5.74, 6) is 0. The van der Waals surface area contributed by atoms with Gasteiger partial charge in [-0.3, -0.25) is 0 Å². The van der Waals surface area contributed by atoms with Gasteiger partial charge in [-0.15, -0.1) is 0 Å². The highest BCUT2D eigenvalue weighted by atomic mass is 127. The van der Waals surface area contributed by atoms with Crippen LogP contribution in [0.25, 0.3) is 0 Å². The molecule has 0 N–H and O–H groups in total. The largest absolute Gasteiger partial charge is 1.00 e. The summed E-state index contributed by atoms with van der Waals surface area (Å²) in [5, 5.41) is 1.51. The lowest BCUT2D eigenvalue weighted by Gasteiger charge is -2.08. The molecule has 0 aliphatic carbocycles. The molecule has 0 amide bonds. The molecule has 0 aliphatic rings. The summed E-state index contributed by atoms with van der Waals surface area (Å²) >= 11 is 12.1. The van der Waals surface area contributed by atoms with Gasteiger partial charge >= 0.3 is 0 Å². The molecular weight excluding hydrogens is 458 g/mol. The van der Waals surface area contributed by atoms with E-state index in [1.807, 2.05) is 24.3 Å². The zero-order valence-electron chi connectivity index (χ0n) is 12.5. The van der Waals surface area contributed by atoms with Gasteiger partial charge in [-0.25, -0.2) is 0 Å². The van der Waals surface area contributed by atoms with Crippen LogP contribution in [0.1, 0.15) is 5.56 Å². The fraction of sp³-hybridized carbons (Fsp3) is 0.0526. The minimum atomic E-state index is -0.157. The maximum Gasteiger partial charge on any atom is 0.166 e. The van der Waals surface area contributed by atoms with Crippen LogP contribution in [0.2, 0.25) is 10.0 Å². The topological polar surface area (TPSA) is 0 Å². The van der Waals surface area contributed by atoms with Crippen LogP contribution in [-0.4, -0.2) is 0 Å². The third kappa shape index (κ3) is 4.66. The van der Waals surface area contributed by atoms with E-state index < -0.39 is 0 Å². The highest BCUT2D eigenvalue weighted by molar-refractivity contribution is 7.97. The Morgan fingerprint density at radius 1 is 0.565 bits per heavy atom. The highest BCUT2D eigenvalue weighted by Gasteiger charge is 2.28. The van der Waals surface area contributed by atoms with E-state index in [1.165, 1.54) is 20.2 Å². The second-order valence-corrected chi connectivity index (χ2v) is 7.93. The molecule has 3 rings (SSSR count). The maximum atomic E-state index is 6.04. The minimum Gasteiger partial charge on any atom is -1.00 e. The number of halogens is 3. The molecule has 0 fully saturated rings. The summed E-state index contributed by atoms with van der Waals surface area (Å²) in [4.78, 5) is 3.78. The zero-order chi connectivity index (χ0) is 15.5. The first-order valence-corrected chi connectivity index (χ1v) is 8.94. The quantitative estimate of drug-likeness (QED) is 0.405. The summed E-state index contributed by atoms with van der Waals surface area (Å²) in [6, 6.07) is 24.9. The van der Waals surface area contributed by atoms with Crippen molar-refractivity contribution in [3.8, 4) is 0 Å². The van der Waals surface area contributed by atoms with Crippen molar-refractivity contribution in [1.29, 1.82) is 0 Å². The lowest BCUT2D eigenvalue weighted by Crippen LogP contribution is -3.00. The van der Waals surface area contributed by atoms with Crippen LogP contribution in [-0.2, 0) is 10.9 Å². The Morgan fingerprint density at radius 2 is 0.870 bits per heavy atom. The van der Waals surface area contributed by atoms with E-state index in [0.29, 0.717) is 0 Å². The molecule has 0 bridgehead atoms. The molecular formula is C19H15Cl2IS. The molecule has 4 heteroatoms. The molecule has 23 heavy (non-hydrogen) atoms. The molecule has 3 aromatic carbocycles. The standard InChI is InChI=1S/C19H15Cl2S.HI/c1-14-2-8-17(9-3-14)22(18-10-4-15(20)5-11-18)19-12-6-16(21)7-13-19;/h2-13H,1H3;1H/q+1;/p-1. The van der Waals surface area contributed by atoms with Crippen LogP contribution in [0.4, 0.5) is 0 Å². The number of hydrogen-bond acceptors (Lipinski definition) is 0. The molecule has 0 radical (unpaired) electrons. The number of rotatable bonds is 3. The van der Waals surface area contributed by atoms with E-state index in [-0.39, 0.29) is 34.9 Å². The van der Waals surface area contributed by atoms with Crippen molar-refractivity contribution < 1.29 is 24.0 Å².